The monoisotopic (exact) mass is 240 g/mol. The lowest BCUT2D eigenvalue weighted by atomic mass is 9.82. The summed E-state index contributed by atoms with van der Waals surface area (Å²) in [5.41, 5.74) is 0.445. The minimum atomic E-state index is -0.416. The molecule has 0 aromatic carbocycles. The lowest BCUT2D eigenvalue weighted by molar-refractivity contribution is -0.384. The molecule has 0 radical (unpaired) electrons. The Balaban J connectivity index is 2.06. The van der Waals surface area contributed by atoms with Crippen molar-refractivity contribution in [2.45, 2.75) is 25.9 Å². The van der Waals surface area contributed by atoms with E-state index in [1.807, 2.05) is 0 Å². The molecule has 0 aliphatic heterocycles. The van der Waals surface area contributed by atoms with Crippen molar-refractivity contribution in [2.24, 2.45) is 13.0 Å². The van der Waals surface area contributed by atoms with E-state index < -0.39 is 4.92 Å². The fraction of sp³-hybridized carbons (Fsp3) is 0.700. The quantitative estimate of drug-likeness (QED) is 0.600. The molecule has 0 saturated heterocycles. The second-order valence-corrected chi connectivity index (χ2v) is 4.54. The van der Waals surface area contributed by atoms with Crippen LogP contribution in [0.2, 0.25) is 0 Å². The maximum Gasteiger partial charge on any atom is 0.333 e. The highest BCUT2D eigenvalue weighted by atomic mass is 16.6. The number of aliphatic hydroxyl groups is 1. The summed E-state index contributed by atoms with van der Waals surface area (Å²) in [6.45, 7) is 2.26. The number of nitrogens with one attached hydrogen (secondary N) is 1. The van der Waals surface area contributed by atoms with Gasteiger partial charge < -0.3 is 10.4 Å². The summed E-state index contributed by atoms with van der Waals surface area (Å²) in [7, 11) is 1.68. The van der Waals surface area contributed by atoms with Crippen molar-refractivity contribution < 1.29 is 10.0 Å². The third-order valence-electron chi connectivity index (χ3n) is 3.14. The van der Waals surface area contributed by atoms with Crippen LogP contribution in [0.4, 0.5) is 11.5 Å². The Morgan fingerprint density at radius 1 is 1.65 bits per heavy atom. The first kappa shape index (κ1) is 11.8. The van der Waals surface area contributed by atoms with Crippen LogP contribution in [-0.2, 0) is 7.05 Å². The van der Waals surface area contributed by atoms with Crippen molar-refractivity contribution in [1.82, 2.24) is 9.78 Å². The van der Waals surface area contributed by atoms with Crippen LogP contribution in [0.5, 0.6) is 0 Å². The standard InChI is InChI=1S/C10H16N4O3/c1-6-9(14(16)17)10(13(2)12-6)11-5-7-3-8(15)4-7/h7-8,11,15H,3-5H2,1-2H3. The Hall–Kier alpha value is -1.63. The Labute approximate surface area is 98.6 Å². The Bertz CT molecular complexity index is 437. The molecule has 2 N–H and O–H groups in total. The van der Waals surface area contributed by atoms with Gasteiger partial charge >= 0.3 is 5.69 Å². The van der Waals surface area contributed by atoms with Gasteiger partial charge in [0, 0.05) is 13.6 Å². The van der Waals surface area contributed by atoms with Crippen LogP contribution in [0.15, 0.2) is 0 Å². The van der Waals surface area contributed by atoms with Gasteiger partial charge in [0.05, 0.1) is 11.0 Å². The molecular weight excluding hydrogens is 224 g/mol. The molecule has 0 amide bonds. The van der Waals surface area contributed by atoms with Gasteiger partial charge in [0.2, 0.25) is 5.82 Å². The van der Waals surface area contributed by atoms with Gasteiger partial charge in [-0.25, -0.2) is 4.68 Å². The second kappa shape index (κ2) is 4.33. The average molecular weight is 240 g/mol. The molecule has 1 heterocycles. The summed E-state index contributed by atoms with van der Waals surface area (Å²) >= 11 is 0. The second-order valence-electron chi connectivity index (χ2n) is 4.54. The normalized spacial score (nSPS) is 23.2. The van der Waals surface area contributed by atoms with Crippen molar-refractivity contribution in [3.8, 4) is 0 Å². The summed E-state index contributed by atoms with van der Waals surface area (Å²) in [5.74, 6) is 0.828. The molecule has 1 aliphatic rings. The SMILES string of the molecule is Cc1nn(C)c(NCC2CC(O)C2)c1[N+](=O)[O-]. The largest absolute Gasteiger partial charge is 0.393 e. The van der Waals surface area contributed by atoms with Crippen LogP contribution in [-0.4, -0.2) is 32.5 Å². The first-order valence-electron chi connectivity index (χ1n) is 5.59. The van der Waals surface area contributed by atoms with Crippen molar-refractivity contribution in [2.75, 3.05) is 11.9 Å². The Kier molecular flexibility index (Phi) is 3.01. The number of rotatable bonds is 4. The van der Waals surface area contributed by atoms with Crippen molar-refractivity contribution in [3.05, 3.63) is 15.8 Å². The van der Waals surface area contributed by atoms with E-state index in [0.717, 1.165) is 12.8 Å². The highest BCUT2D eigenvalue weighted by Crippen LogP contribution is 2.30. The lowest BCUT2D eigenvalue weighted by Crippen LogP contribution is -2.33. The molecular formula is C10H16N4O3. The van der Waals surface area contributed by atoms with Gasteiger partial charge in [-0.05, 0) is 25.7 Å². The molecule has 17 heavy (non-hydrogen) atoms. The molecule has 1 saturated carbocycles. The number of aromatic nitrogens is 2. The molecule has 1 aliphatic carbocycles. The van der Waals surface area contributed by atoms with E-state index >= 15 is 0 Å². The molecule has 7 nitrogen and oxygen atoms in total. The number of hydrogen-bond donors (Lipinski definition) is 2. The number of hydrogen-bond acceptors (Lipinski definition) is 5. The van der Waals surface area contributed by atoms with Gasteiger partial charge in [0.25, 0.3) is 0 Å². The van der Waals surface area contributed by atoms with Crippen LogP contribution in [0.3, 0.4) is 0 Å². The molecule has 0 spiro atoms. The van der Waals surface area contributed by atoms with Crippen molar-refractivity contribution in [1.29, 1.82) is 0 Å². The van der Waals surface area contributed by atoms with Crippen LogP contribution in [0.1, 0.15) is 18.5 Å². The smallest absolute Gasteiger partial charge is 0.333 e. The minimum Gasteiger partial charge on any atom is -0.393 e. The molecule has 2 rings (SSSR count). The molecule has 1 aromatic rings. The van der Waals surface area contributed by atoms with Gasteiger partial charge in [-0.15, -0.1) is 0 Å². The summed E-state index contributed by atoms with van der Waals surface area (Å²) in [5, 5.41) is 27.2. The van der Waals surface area contributed by atoms with Crippen LogP contribution < -0.4 is 5.32 Å². The fourth-order valence-electron chi connectivity index (χ4n) is 2.17. The molecule has 0 unspecified atom stereocenters. The molecule has 1 aromatic heterocycles. The average Bonchev–Trinajstić information content (AvgIpc) is 2.46. The number of nitro groups is 1. The van der Waals surface area contributed by atoms with Gasteiger partial charge in [-0.1, -0.05) is 0 Å². The molecule has 0 bridgehead atoms. The summed E-state index contributed by atoms with van der Waals surface area (Å²) in [6, 6.07) is 0. The van der Waals surface area contributed by atoms with Crippen LogP contribution >= 0.6 is 0 Å². The topological polar surface area (TPSA) is 93.2 Å². The summed E-state index contributed by atoms with van der Waals surface area (Å²) < 4.78 is 1.49. The number of nitrogens with zero attached hydrogens (tertiary/aromatic N) is 3. The van der Waals surface area contributed by atoms with E-state index in [0.29, 0.717) is 24.0 Å². The van der Waals surface area contributed by atoms with Crippen LogP contribution in [0, 0.1) is 23.0 Å². The predicted molar refractivity (Wildman–Crippen MR) is 61.8 cm³/mol. The third-order valence-corrected chi connectivity index (χ3v) is 3.14. The molecule has 7 heteroatoms. The Morgan fingerprint density at radius 2 is 2.29 bits per heavy atom. The van der Waals surface area contributed by atoms with E-state index in [1.165, 1.54) is 4.68 Å². The highest BCUT2D eigenvalue weighted by Gasteiger charge is 2.29. The van der Waals surface area contributed by atoms with E-state index in [4.69, 9.17) is 5.11 Å². The summed E-state index contributed by atoms with van der Waals surface area (Å²) in [4.78, 5) is 10.5. The lowest BCUT2D eigenvalue weighted by Gasteiger charge is -2.31. The van der Waals surface area contributed by atoms with Crippen molar-refractivity contribution >= 4 is 11.5 Å². The maximum atomic E-state index is 10.9. The van der Waals surface area contributed by atoms with Crippen LogP contribution in [0.25, 0.3) is 0 Å². The Morgan fingerprint density at radius 3 is 2.82 bits per heavy atom. The number of anilines is 1. The van der Waals surface area contributed by atoms with E-state index in [2.05, 4.69) is 10.4 Å². The minimum absolute atomic E-state index is 0.0346. The zero-order chi connectivity index (χ0) is 12.6. The van der Waals surface area contributed by atoms with E-state index in [1.54, 1.807) is 14.0 Å². The molecule has 94 valence electrons. The number of aryl methyl sites for hydroxylation is 2. The van der Waals surface area contributed by atoms with E-state index in [9.17, 15) is 10.1 Å². The fourth-order valence-corrected chi connectivity index (χ4v) is 2.17. The zero-order valence-electron chi connectivity index (χ0n) is 9.88. The third kappa shape index (κ3) is 2.23. The highest BCUT2D eigenvalue weighted by molar-refractivity contribution is 5.59. The van der Waals surface area contributed by atoms with Gasteiger partial charge in [0.15, 0.2) is 0 Å². The summed E-state index contributed by atoms with van der Waals surface area (Å²) in [6.07, 6.45) is 1.32. The van der Waals surface area contributed by atoms with Gasteiger partial charge in [0.1, 0.15) is 5.69 Å². The van der Waals surface area contributed by atoms with E-state index in [-0.39, 0.29) is 11.8 Å². The molecule has 1 fully saturated rings. The number of aliphatic hydroxyl groups excluding tert-OH is 1. The van der Waals surface area contributed by atoms with Crippen molar-refractivity contribution in [3.63, 3.8) is 0 Å². The molecule has 0 atom stereocenters. The maximum absolute atomic E-state index is 10.9. The first-order chi connectivity index (χ1) is 7.99. The van der Waals surface area contributed by atoms with Gasteiger partial charge in [-0.2, -0.15) is 5.10 Å². The zero-order valence-corrected chi connectivity index (χ0v) is 9.88. The first-order valence-corrected chi connectivity index (χ1v) is 5.59. The van der Waals surface area contributed by atoms with Gasteiger partial charge in [-0.3, -0.25) is 10.1 Å². The predicted octanol–water partition coefficient (Wildman–Crippen LogP) is 0.820.